The fourth-order valence-electron chi connectivity index (χ4n) is 1.90. The monoisotopic (exact) mass is 233 g/mol. The van der Waals surface area contributed by atoms with Gasteiger partial charge in [-0.1, -0.05) is 12.1 Å². The zero-order chi connectivity index (χ0) is 12.4. The smallest absolute Gasteiger partial charge is 0.335 e. The Bertz CT molecular complexity index is 495. The number of piperidine rings is 1. The van der Waals surface area contributed by atoms with Gasteiger partial charge in [0.1, 0.15) is 0 Å². The highest BCUT2D eigenvalue weighted by Gasteiger charge is 2.28. The Morgan fingerprint density at radius 2 is 2.12 bits per heavy atom. The Balaban J connectivity index is 2.28. The lowest BCUT2D eigenvalue weighted by Crippen LogP contribution is -2.39. The average molecular weight is 233 g/mol. The van der Waals surface area contributed by atoms with Gasteiger partial charge in [-0.05, 0) is 24.1 Å². The molecule has 1 fully saturated rings. The van der Waals surface area contributed by atoms with Crippen molar-refractivity contribution in [2.24, 2.45) is 0 Å². The lowest BCUT2D eigenvalue weighted by Gasteiger charge is -2.21. The minimum Gasteiger partial charge on any atom is -0.478 e. The molecule has 1 unspecified atom stereocenters. The number of amides is 2. The van der Waals surface area contributed by atoms with Gasteiger partial charge in [0.05, 0.1) is 11.5 Å². The van der Waals surface area contributed by atoms with E-state index in [0.717, 1.165) is 0 Å². The number of nitrogens with one attached hydrogen (secondary N) is 1. The van der Waals surface area contributed by atoms with Crippen LogP contribution in [0.15, 0.2) is 24.3 Å². The van der Waals surface area contributed by atoms with Gasteiger partial charge in [0.2, 0.25) is 11.8 Å². The van der Waals surface area contributed by atoms with Crippen LogP contribution in [0.3, 0.4) is 0 Å². The molecule has 0 spiro atoms. The number of aromatic carboxylic acids is 1. The summed E-state index contributed by atoms with van der Waals surface area (Å²) in [5.74, 6) is -2.10. The average Bonchev–Trinajstić information content (AvgIpc) is 2.29. The predicted octanol–water partition coefficient (Wildman–Crippen LogP) is 0.905. The molecule has 5 heteroatoms. The standard InChI is InChI=1S/C12H11NO4/c14-10-5-4-9(11(15)13-10)7-2-1-3-8(6-7)12(16)17/h1-3,6,9H,4-5H2,(H,16,17)(H,13,14,15). The van der Waals surface area contributed by atoms with E-state index in [1.54, 1.807) is 12.1 Å². The zero-order valence-corrected chi connectivity index (χ0v) is 8.97. The first kappa shape index (κ1) is 11.3. The lowest BCUT2D eigenvalue weighted by atomic mass is 9.90. The van der Waals surface area contributed by atoms with Gasteiger partial charge in [0.15, 0.2) is 0 Å². The Hall–Kier alpha value is -2.17. The van der Waals surface area contributed by atoms with E-state index in [-0.39, 0.29) is 23.8 Å². The summed E-state index contributed by atoms with van der Waals surface area (Å²) in [5, 5.41) is 11.1. The number of carboxylic acids is 1. The van der Waals surface area contributed by atoms with Crippen molar-refractivity contribution in [2.75, 3.05) is 0 Å². The topological polar surface area (TPSA) is 83.5 Å². The molecule has 0 saturated carbocycles. The summed E-state index contributed by atoms with van der Waals surface area (Å²) in [6.45, 7) is 0. The summed E-state index contributed by atoms with van der Waals surface area (Å²) >= 11 is 0. The highest BCUT2D eigenvalue weighted by Crippen LogP contribution is 2.25. The van der Waals surface area contributed by atoms with Crippen LogP contribution >= 0.6 is 0 Å². The molecule has 88 valence electrons. The zero-order valence-electron chi connectivity index (χ0n) is 8.97. The molecule has 1 aromatic carbocycles. The minimum atomic E-state index is -1.03. The quantitative estimate of drug-likeness (QED) is 0.743. The van der Waals surface area contributed by atoms with E-state index in [9.17, 15) is 14.4 Å². The Morgan fingerprint density at radius 3 is 2.76 bits per heavy atom. The Kier molecular flexibility index (Phi) is 2.91. The molecular weight excluding hydrogens is 222 g/mol. The van der Waals surface area contributed by atoms with Crippen LogP contribution in [-0.4, -0.2) is 22.9 Å². The van der Waals surface area contributed by atoms with Crippen molar-refractivity contribution >= 4 is 17.8 Å². The number of hydrogen-bond acceptors (Lipinski definition) is 3. The summed E-state index contributed by atoms with van der Waals surface area (Å²) in [6.07, 6.45) is 0.710. The largest absolute Gasteiger partial charge is 0.478 e. The number of hydrogen-bond donors (Lipinski definition) is 2. The first-order valence-electron chi connectivity index (χ1n) is 5.25. The molecule has 2 amide bonds. The fourth-order valence-corrected chi connectivity index (χ4v) is 1.90. The Morgan fingerprint density at radius 1 is 1.35 bits per heavy atom. The van der Waals surface area contributed by atoms with Crippen molar-refractivity contribution in [3.8, 4) is 0 Å². The van der Waals surface area contributed by atoms with E-state index in [0.29, 0.717) is 12.0 Å². The molecule has 0 aliphatic carbocycles. The summed E-state index contributed by atoms with van der Waals surface area (Å²) in [6, 6.07) is 6.25. The summed E-state index contributed by atoms with van der Waals surface area (Å²) in [5.41, 5.74) is 0.780. The van der Waals surface area contributed by atoms with Crippen LogP contribution in [0.25, 0.3) is 0 Å². The molecular formula is C12H11NO4. The van der Waals surface area contributed by atoms with Crippen LogP contribution in [-0.2, 0) is 9.59 Å². The molecule has 1 aliphatic heterocycles. The number of imide groups is 1. The second kappa shape index (κ2) is 4.37. The molecule has 1 saturated heterocycles. The summed E-state index contributed by atoms with van der Waals surface area (Å²) in [7, 11) is 0. The predicted molar refractivity (Wildman–Crippen MR) is 58.5 cm³/mol. The van der Waals surface area contributed by atoms with Crippen molar-refractivity contribution in [3.05, 3.63) is 35.4 Å². The maximum atomic E-state index is 11.6. The number of carboxylic acid groups (broad SMARTS) is 1. The normalized spacial score (nSPS) is 19.9. The SMILES string of the molecule is O=C1CCC(c2cccc(C(=O)O)c2)C(=O)N1. The van der Waals surface area contributed by atoms with Crippen LogP contribution < -0.4 is 5.32 Å². The summed E-state index contributed by atoms with van der Waals surface area (Å²) in [4.78, 5) is 33.4. The fraction of sp³-hybridized carbons (Fsp3) is 0.250. The highest BCUT2D eigenvalue weighted by molar-refractivity contribution is 6.01. The second-order valence-electron chi connectivity index (χ2n) is 3.93. The van der Waals surface area contributed by atoms with Gasteiger partial charge in [-0.25, -0.2) is 4.79 Å². The molecule has 17 heavy (non-hydrogen) atoms. The second-order valence-corrected chi connectivity index (χ2v) is 3.93. The number of carbonyl (C=O) groups excluding carboxylic acids is 2. The number of benzene rings is 1. The molecule has 0 bridgehead atoms. The number of carbonyl (C=O) groups is 3. The molecule has 1 atom stereocenters. The van der Waals surface area contributed by atoms with Gasteiger partial charge in [0.25, 0.3) is 0 Å². The van der Waals surface area contributed by atoms with Gasteiger partial charge in [-0.2, -0.15) is 0 Å². The van der Waals surface area contributed by atoms with Gasteiger partial charge in [0, 0.05) is 6.42 Å². The molecule has 2 rings (SSSR count). The first-order valence-corrected chi connectivity index (χ1v) is 5.25. The third-order valence-corrected chi connectivity index (χ3v) is 2.78. The summed E-state index contributed by atoms with van der Waals surface area (Å²) < 4.78 is 0. The van der Waals surface area contributed by atoms with Crippen molar-refractivity contribution in [3.63, 3.8) is 0 Å². The third-order valence-electron chi connectivity index (χ3n) is 2.78. The Labute approximate surface area is 97.4 Å². The maximum absolute atomic E-state index is 11.6. The van der Waals surface area contributed by atoms with E-state index in [4.69, 9.17) is 5.11 Å². The van der Waals surface area contributed by atoms with E-state index in [1.807, 2.05) is 0 Å². The van der Waals surface area contributed by atoms with E-state index in [2.05, 4.69) is 5.32 Å². The maximum Gasteiger partial charge on any atom is 0.335 e. The number of rotatable bonds is 2. The molecule has 1 heterocycles. The molecule has 1 aliphatic rings. The molecule has 0 radical (unpaired) electrons. The highest BCUT2D eigenvalue weighted by atomic mass is 16.4. The van der Waals surface area contributed by atoms with Crippen LogP contribution in [0, 0.1) is 0 Å². The van der Waals surface area contributed by atoms with Crippen molar-refractivity contribution < 1.29 is 19.5 Å². The van der Waals surface area contributed by atoms with Crippen LogP contribution in [0.2, 0.25) is 0 Å². The molecule has 1 aromatic rings. The van der Waals surface area contributed by atoms with Gasteiger partial charge < -0.3 is 5.11 Å². The van der Waals surface area contributed by atoms with E-state index in [1.165, 1.54) is 12.1 Å². The van der Waals surface area contributed by atoms with E-state index < -0.39 is 11.9 Å². The third kappa shape index (κ3) is 2.33. The first-order chi connectivity index (χ1) is 8.08. The van der Waals surface area contributed by atoms with E-state index >= 15 is 0 Å². The van der Waals surface area contributed by atoms with Gasteiger partial charge in [-0.15, -0.1) is 0 Å². The minimum absolute atomic E-state index is 0.146. The van der Waals surface area contributed by atoms with Crippen molar-refractivity contribution in [1.82, 2.24) is 5.32 Å². The van der Waals surface area contributed by atoms with Crippen molar-refractivity contribution in [2.45, 2.75) is 18.8 Å². The van der Waals surface area contributed by atoms with Gasteiger partial charge >= 0.3 is 5.97 Å². The van der Waals surface area contributed by atoms with Gasteiger partial charge in [-0.3, -0.25) is 14.9 Å². The molecule has 2 N–H and O–H groups in total. The molecule has 5 nitrogen and oxygen atoms in total. The van der Waals surface area contributed by atoms with Crippen LogP contribution in [0.5, 0.6) is 0 Å². The van der Waals surface area contributed by atoms with Crippen LogP contribution in [0.4, 0.5) is 0 Å². The molecule has 0 aromatic heterocycles. The lowest BCUT2D eigenvalue weighted by molar-refractivity contribution is -0.134. The van der Waals surface area contributed by atoms with Crippen molar-refractivity contribution in [1.29, 1.82) is 0 Å². The van der Waals surface area contributed by atoms with Crippen LogP contribution in [0.1, 0.15) is 34.7 Å².